The number of likely N-dealkylation sites (tertiary alicyclic amines) is 1. The molecule has 1 N–H and O–H groups in total. The smallest absolute Gasteiger partial charge is 0.231 e. The number of anilines is 1. The van der Waals surface area contributed by atoms with Gasteiger partial charge in [-0.15, -0.1) is 11.3 Å². The van der Waals surface area contributed by atoms with Crippen molar-refractivity contribution in [3.8, 4) is 22.8 Å². The monoisotopic (exact) mass is 437 g/mol. The number of nitrogens with zero attached hydrogens (tertiary/aromatic N) is 2. The lowest BCUT2D eigenvalue weighted by atomic mass is 10.1. The first-order valence-corrected chi connectivity index (χ1v) is 10.8. The first-order valence-electron chi connectivity index (χ1n) is 9.88. The van der Waals surface area contributed by atoms with Gasteiger partial charge in [0.1, 0.15) is 11.5 Å². The van der Waals surface area contributed by atoms with Crippen LogP contribution < -0.4 is 14.8 Å². The number of hydrogen-bond donors (Lipinski definition) is 1. The molecule has 31 heavy (non-hydrogen) atoms. The van der Waals surface area contributed by atoms with Gasteiger partial charge in [-0.2, -0.15) is 0 Å². The number of rotatable bonds is 7. The van der Waals surface area contributed by atoms with Crippen LogP contribution in [0.3, 0.4) is 0 Å². The average molecular weight is 438 g/mol. The van der Waals surface area contributed by atoms with Crippen molar-refractivity contribution in [3.63, 3.8) is 0 Å². The Bertz CT molecular complexity index is 1080. The molecule has 1 aromatic heterocycles. The average Bonchev–Trinajstić information content (AvgIpc) is 3.40. The number of methoxy groups -OCH3 is 2. The predicted molar refractivity (Wildman–Crippen MR) is 119 cm³/mol. The summed E-state index contributed by atoms with van der Waals surface area (Å²) in [4.78, 5) is 31.4. The van der Waals surface area contributed by atoms with Gasteiger partial charge in [-0.3, -0.25) is 9.59 Å². The minimum Gasteiger partial charge on any atom is -0.497 e. The second-order valence-corrected chi connectivity index (χ2v) is 8.11. The molecule has 8 heteroatoms. The summed E-state index contributed by atoms with van der Waals surface area (Å²) < 4.78 is 10.7. The molecule has 4 rings (SSSR count). The van der Waals surface area contributed by atoms with Crippen molar-refractivity contribution in [1.82, 2.24) is 9.88 Å². The minimum atomic E-state index is -0.394. The maximum atomic E-state index is 12.8. The fraction of sp³-hybridized carbons (Fsp3) is 0.261. The van der Waals surface area contributed by atoms with Crippen molar-refractivity contribution >= 4 is 28.3 Å². The van der Waals surface area contributed by atoms with E-state index >= 15 is 0 Å². The van der Waals surface area contributed by atoms with Crippen LogP contribution in [0.4, 0.5) is 5.13 Å². The molecule has 0 aliphatic carbocycles. The van der Waals surface area contributed by atoms with E-state index in [2.05, 4.69) is 10.3 Å². The van der Waals surface area contributed by atoms with E-state index in [1.807, 2.05) is 53.9 Å². The lowest BCUT2D eigenvalue weighted by molar-refractivity contribution is -0.128. The van der Waals surface area contributed by atoms with E-state index in [-0.39, 0.29) is 18.2 Å². The Balaban J connectivity index is 1.42. The van der Waals surface area contributed by atoms with Crippen molar-refractivity contribution < 1.29 is 19.1 Å². The molecule has 2 aromatic carbocycles. The maximum Gasteiger partial charge on any atom is 0.231 e. The Morgan fingerprint density at radius 2 is 2.00 bits per heavy atom. The maximum absolute atomic E-state index is 12.8. The number of amides is 2. The summed E-state index contributed by atoms with van der Waals surface area (Å²) in [7, 11) is 3.20. The summed E-state index contributed by atoms with van der Waals surface area (Å²) in [5.74, 6) is 0.765. The number of aromatic nitrogens is 1. The van der Waals surface area contributed by atoms with Gasteiger partial charge in [0.2, 0.25) is 11.8 Å². The normalized spacial score (nSPS) is 15.7. The van der Waals surface area contributed by atoms with Crippen molar-refractivity contribution in [1.29, 1.82) is 0 Å². The van der Waals surface area contributed by atoms with Gasteiger partial charge in [0.15, 0.2) is 5.13 Å². The Labute approximate surface area is 184 Å². The highest BCUT2D eigenvalue weighted by molar-refractivity contribution is 7.14. The fourth-order valence-electron chi connectivity index (χ4n) is 3.58. The topological polar surface area (TPSA) is 80.8 Å². The largest absolute Gasteiger partial charge is 0.497 e. The van der Waals surface area contributed by atoms with Gasteiger partial charge in [-0.1, -0.05) is 30.3 Å². The zero-order valence-corrected chi connectivity index (χ0v) is 18.1. The molecule has 1 atom stereocenters. The van der Waals surface area contributed by atoms with E-state index in [9.17, 15) is 9.59 Å². The van der Waals surface area contributed by atoms with Crippen LogP contribution in [0.25, 0.3) is 11.3 Å². The molecule has 1 saturated heterocycles. The van der Waals surface area contributed by atoms with Crippen LogP contribution in [0, 0.1) is 5.92 Å². The number of thiazole rings is 1. The van der Waals surface area contributed by atoms with E-state index in [4.69, 9.17) is 9.47 Å². The number of carbonyl (C=O) groups excluding carboxylic acids is 2. The number of ether oxygens (including phenoxy) is 2. The molecule has 2 heterocycles. The van der Waals surface area contributed by atoms with Crippen molar-refractivity contribution in [2.45, 2.75) is 13.0 Å². The second kappa shape index (κ2) is 9.18. The van der Waals surface area contributed by atoms with E-state index in [1.54, 1.807) is 19.1 Å². The van der Waals surface area contributed by atoms with Crippen molar-refractivity contribution in [3.05, 3.63) is 59.5 Å². The highest BCUT2D eigenvalue weighted by atomic mass is 32.1. The Kier molecular flexibility index (Phi) is 6.18. The lowest BCUT2D eigenvalue weighted by Crippen LogP contribution is -2.28. The van der Waals surface area contributed by atoms with Gasteiger partial charge in [0.05, 0.1) is 25.8 Å². The summed E-state index contributed by atoms with van der Waals surface area (Å²) in [6.07, 6.45) is 0.209. The summed E-state index contributed by atoms with van der Waals surface area (Å²) in [6, 6.07) is 15.3. The van der Waals surface area contributed by atoms with Crippen molar-refractivity contribution in [2.75, 3.05) is 26.1 Å². The minimum absolute atomic E-state index is 0.00931. The number of hydrogen-bond acceptors (Lipinski definition) is 6. The molecular formula is C23H23N3O4S. The zero-order valence-electron chi connectivity index (χ0n) is 17.3. The van der Waals surface area contributed by atoms with Gasteiger partial charge in [-0.25, -0.2) is 4.98 Å². The molecular weight excluding hydrogens is 414 g/mol. The number of benzene rings is 2. The van der Waals surface area contributed by atoms with Gasteiger partial charge in [0.25, 0.3) is 0 Å². The molecule has 0 bridgehead atoms. The molecule has 0 spiro atoms. The molecule has 2 amide bonds. The van der Waals surface area contributed by atoms with Gasteiger partial charge in [0, 0.05) is 30.5 Å². The van der Waals surface area contributed by atoms with Crippen LogP contribution in [0.15, 0.2) is 53.9 Å². The third kappa shape index (κ3) is 4.69. The lowest BCUT2D eigenvalue weighted by Gasteiger charge is -2.16. The van der Waals surface area contributed by atoms with Crippen LogP contribution >= 0.6 is 11.3 Å². The zero-order chi connectivity index (χ0) is 21.8. The SMILES string of the molecule is COc1ccc(OC)c(-c2csc(NC(=O)C3CC(=O)N(Cc4ccccc4)C3)n2)c1. The van der Waals surface area contributed by atoms with Crippen LogP contribution in [-0.2, 0) is 16.1 Å². The molecule has 1 aliphatic heterocycles. The molecule has 1 unspecified atom stereocenters. The molecule has 1 aliphatic rings. The number of nitrogens with one attached hydrogen (secondary N) is 1. The van der Waals surface area contributed by atoms with Gasteiger partial charge < -0.3 is 19.7 Å². The van der Waals surface area contributed by atoms with Crippen LogP contribution in [0.2, 0.25) is 0 Å². The highest BCUT2D eigenvalue weighted by Crippen LogP contribution is 2.35. The molecule has 3 aromatic rings. The van der Waals surface area contributed by atoms with E-state index in [1.165, 1.54) is 11.3 Å². The molecule has 7 nitrogen and oxygen atoms in total. The van der Waals surface area contributed by atoms with Crippen LogP contribution in [0.1, 0.15) is 12.0 Å². The Hall–Kier alpha value is -3.39. The summed E-state index contributed by atoms with van der Waals surface area (Å²) >= 11 is 1.33. The number of carbonyl (C=O) groups is 2. The first kappa shape index (κ1) is 20.9. The molecule has 160 valence electrons. The highest BCUT2D eigenvalue weighted by Gasteiger charge is 2.34. The van der Waals surface area contributed by atoms with Gasteiger partial charge >= 0.3 is 0 Å². The Morgan fingerprint density at radius 3 is 2.74 bits per heavy atom. The molecule has 0 saturated carbocycles. The second-order valence-electron chi connectivity index (χ2n) is 7.25. The summed E-state index contributed by atoms with van der Waals surface area (Å²) in [5.41, 5.74) is 2.52. The molecule has 0 radical (unpaired) electrons. The predicted octanol–water partition coefficient (Wildman–Crippen LogP) is 3.81. The van der Waals surface area contributed by atoms with E-state index < -0.39 is 5.92 Å². The summed E-state index contributed by atoms with van der Waals surface area (Å²) in [5, 5.41) is 5.20. The van der Waals surface area contributed by atoms with E-state index in [0.29, 0.717) is 35.4 Å². The van der Waals surface area contributed by atoms with E-state index in [0.717, 1.165) is 11.1 Å². The fourth-order valence-corrected chi connectivity index (χ4v) is 4.29. The quantitative estimate of drug-likeness (QED) is 0.608. The molecule has 1 fully saturated rings. The van der Waals surface area contributed by atoms with Gasteiger partial charge in [-0.05, 0) is 23.8 Å². The van der Waals surface area contributed by atoms with Crippen molar-refractivity contribution in [2.24, 2.45) is 5.92 Å². The third-order valence-corrected chi connectivity index (χ3v) is 5.98. The standard InChI is InChI=1S/C23H23N3O4S/c1-29-17-8-9-20(30-2)18(11-17)19-14-31-23(24-19)25-22(28)16-10-21(27)26(13-16)12-15-6-4-3-5-7-15/h3-9,11,14,16H,10,12-13H2,1-2H3,(H,24,25,28). The third-order valence-electron chi connectivity index (χ3n) is 5.22. The first-order chi connectivity index (χ1) is 15.1. The summed E-state index contributed by atoms with van der Waals surface area (Å²) in [6.45, 7) is 0.919. The van der Waals surface area contributed by atoms with Crippen LogP contribution in [-0.4, -0.2) is 42.5 Å². The Morgan fingerprint density at radius 1 is 1.19 bits per heavy atom. The van der Waals surface area contributed by atoms with Crippen LogP contribution in [0.5, 0.6) is 11.5 Å².